The van der Waals surface area contributed by atoms with E-state index in [9.17, 15) is 4.79 Å². The Kier molecular flexibility index (Phi) is 4.53. The number of likely N-dealkylation sites (tertiary alicyclic amines) is 1. The molecule has 1 saturated heterocycles. The lowest BCUT2D eigenvalue weighted by Crippen LogP contribution is -2.39. The van der Waals surface area contributed by atoms with Gasteiger partial charge in [0.1, 0.15) is 5.82 Å². The van der Waals surface area contributed by atoms with Crippen LogP contribution in [0, 0.1) is 0 Å². The van der Waals surface area contributed by atoms with Crippen LogP contribution in [-0.4, -0.2) is 38.5 Å². The third-order valence-electron chi connectivity index (χ3n) is 4.82. The van der Waals surface area contributed by atoms with Gasteiger partial charge in [0, 0.05) is 29.7 Å². The number of fused-ring (bicyclic) bond motifs is 1. The fourth-order valence-electron chi connectivity index (χ4n) is 3.41. The molecule has 2 aromatic heterocycles. The highest BCUT2D eigenvalue weighted by Gasteiger charge is 2.26. The third kappa shape index (κ3) is 3.44. The number of nitrogens with zero attached hydrogens (tertiary/aromatic N) is 4. The fraction of sp³-hybridized carbons (Fsp3) is 0.316. The summed E-state index contributed by atoms with van der Waals surface area (Å²) < 4.78 is 3.09. The number of hydrogen-bond donors (Lipinski definition) is 0. The molecule has 1 aliphatic heterocycles. The fourth-order valence-corrected chi connectivity index (χ4v) is 3.68. The number of hydrogen-bond acceptors (Lipinski definition) is 3. The minimum atomic E-state index is 0.201. The van der Waals surface area contributed by atoms with Gasteiger partial charge in [-0.15, -0.1) is 10.2 Å². The first-order valence-corrected chi connectivity index (χ1v) is 9.32. The summed E-state index contributed by atoms with van der Waals surface area (Å²) in [5.74, 6) is 1.57. The topological polar surface area (TPSA) is 50.5 Å². The Morgan fingerprint density at radius 1 is 1.08 bits per heavy atom. The highest BCUT2D eigenvalue weighted by molar-refractivity contribution is 9.10. The largest absolute Gasteiger partial charge is 0.342 e. The SMILES string of the molecule is O=C(Cc1ccc(Br)cc1)N1CCC(c2nnc3ccccn23)CC1. The molecule has 0 aliphatic carbocycles. The van der Waals surface area contributed by atoms with E-state index in [1.54, 1.807) is 0 Å². The van der Waals surface area contributed by atoms with Gasteiger partial charge < -0.3 is 4.90 Å². The molecule has 1 aliphatic rings. The molecule has 0 radical (unpaired) electrons. The summed E-state index contributed by atoms with van der Waals surface area (Å²) in [6.07, 6.45) is 4.34. The second-order valence-corrected chi connectivity index (χ2v) is 7.36. The van der Waals surface area contributed by atoms with Crippen molar-refractivity contribution in [1.82, 2.24) is 19.5 Å². The monoisotopic (exact) mass is 398 g/mol. The van der Waals surface area contributed by atoms with Gasteiger partial charge in [0.25, 0.3) is 0 Å². The van der Waals surface area contributed by atoms with Crippen LogP contribution in [0.25, 0.3) is 5.65 Å². The smallest absolute Gasteiger partial charge is 0.226 e. The number of rotatable bonds is 3. The zero-order chi connectivity index (χ0) is 17.2. The number of carbonyl (C=O) groups excluding carboxylic acids is 1. The van der Waals surface area contributed by atoms with E-state index in [4.69, 9.17) is 0 Å². The van der Waals surface area contributed by atoms with Crippen molar-refractivity contribution in [3.05, 3.63) is 64.5 Å². The molecule has 0 N–H and O–H groups in total. The Morgan fingerprint density at radius 3 is 2.60 bits per heavy atom. The standard InChI is InChI=1S/C19H19BrN4O/c20-16-6-4-14(5-7-16)13-18(25)23-11-8-15(9-12-23)19-22-21-17-3-1-2-10-24(17)19/h1-7,10,15H,8-9,11-13H2. The molecule has 0 unspecified atom stereocenters. The van der Waals surface area contributed by atoms with Gasteiger partial charge in [-0.2, -0.15) is 0 Å². The number of aromatic nitrogens is 3. The second-order valence-electron chi connectivity index (χ2n) is 6.45. The minimum absolute atomic E-state index is 0.201. The van der Waals surface area contributed by atoms with Crippen LogP contribution in [0.5, 0.6) is 0 Å². The first-order valence-electron chi connectivity index (χ1n) is 8.52. The van der Waals surface area contributed by atoms with Crippen molar-refractivity contribution < 1.29 is 4.79 Å². The number of amides is 1. The van der Waals surface area contributed by atoms with Gasteiger partial charge in [0.05, 0.1) is 6.42 Å². The van der Waals surface area contributed by atoms with E-state index in [-0.39, 0.29) is 5.91 Å². The lowest BCUT2D eigenvalue weighted by molar-refractivity contribution is -0.131. The van der Waals surface area contributed by atoms with Crippen LogP contribution in [0.2, 0.25) is 0 Å². The van der Waals surface area contributed by atoms with Crippen molar-refractivity contribution >= 4 is 27.5 Å². The average Bonchev–Trinajstić information content (AvgIpc) is 3.08. The van der Waals surface area contributed by atoms with Gasteiger partial charge >= 0.3 is 0 Å². The van der Waals surface area contributed by atoms with Crippen LogP contribution in [0.3, 0.4) is 0 Å². The quantitative estimate of drug-likeness (QED) is 0.678. The number of benzene rings is 1. The van der Waals surface area contributed by atoms with E-state index < -0.39 is 0 Å². The molecule has 6 heteroatoms. The first kappa shape index (κ1) is 16.3. The molecule has 0 atom stereocenters. The van der Waals surface area contributed by atoms with Crippen LogP contribution in [0.4, 0.5) is 0 Å². The van der Waals surface area contributed by atoms with E-state index in [2.05, 4.69) is 30.5 Å². The number of carbonyl (C=O) groups is 1. The van der Waals surface area contributed by atoms with Gasteiger partial charge in [0.15, 0.2) is 5.65 Å². The molecule has 1 aromatic carbocycles. The lowest BCUT2D eigenvalue weighted by atomic mass is 9.95. The maximum Gasteiger partial charge on any atom is 0.226 e. The van der Waals surface area contributed by atoms with Gasteiger partial charge in [-0.05, 0) is 42.7 Å². The molecule has 1 fully saturated rings. The summed E-state index contributed by atoms with van der Waals surface area (Å²) in [6.45, 7) is 1.56. The normalized spacial score (nSPS) is 15.6. The van der Waals surface area contributed by atoms with E-state index in [1.165, 1.54) is 0 Å². The molecule has 0 saturated carbocycles. The predicted molar refractivity (Wildman–Crippen MR) is 99.4 cm³/mol. The van der Waals surface area contributed by atoms with Crippen molar-refractivity contribution in [3.63, 3.8) is 0 Å². The second kappa shape index (κ2) is 6.96. The molecule has 4 rings (SSSR count). The van der Waals surface area contributed by atoms with Gasteiger partial charge in [0.2, 0.25) is 5.91 Å². The lowest BCUT2D eigenvalue weighted by Gasteiger charge is -2.31. The molecule has 0 spiro atoms. The van der Waals surface area contributed by atoms with Gasteiger partial charge in [-0.3, -0.25) is 9.20 Å². The Morgan fingerprint density at radius 2 is 1.84 bits per heavy atom. The van der Waals surface area contributed by atoms with Gasteiger partial charge in [-0.1, -0.05) is 34.1 Å². The number of halogens is 1. The van der Waals surface area contributed by atoms with Crippen LogP contribution in [0.15, 0.2) is 53.1 Å². The van der Waals surface area contributed by atoms with E-state index in [0.29, 0.717) is 12.3 Å². The maximum atomic E-state index is 12.5. The Balaban J connectivity index is 1.39. The molecule has 0 bridgehead atoms. The zero-order valence-corrected chi connectivity index (χ0v) is 15.4. The summed E-state index contributed by atoms with van der Waals surface area (Å²) in [5, 5.41) is 8.61. The van der Waals surface area contributed by atoms with Crippen LogP contribution >= 0.6 is 15.9 Å². The highest BCUT2D eigenvalue weighted by Crippen LogP contribution is 2.27. The molecular formula is C19H19BrN4O. The molecule has 25 heavy (non-hydrogen) atoms. The summed E-state index contributed by atoms with van der Waals surface area (Å²) in [7, 11) is 0. The molecule has 3 heterocycles. The first-order chi connectivity index (χ1) is 12.2. The average molecular weight is 399 g/mol. The zero-order valence-electron chi connectivity index (χ0n) is 13.8. The third-order valence-corrected chi connectivity index (χ3v) is 5.35. The van der Waals surface area contributed by atoms with E-state index in [1.807, 2.05) is 53.6 Å². The molecule has 1 amide bonds. The number of pyridine rings is 1. The Bertz CT molecular complexity index is 882. The van der Waals surface area contributed by atoms with Crippen molar-refractivity contribution in [3.8, 4) is 0 Å². The highest BCUT2D eigenvalue weighted by atomic mass is 79.9. The Hall–Kier alpha value is -2.21. The molecular weight excluding hydrogens is 380 g/mol. The number of piperidine rings is 1. The molecule has 5 nitrogen and oxygen atoms in total. The van der Waals surface area contributed by atoms with Crippen LogP contribution in [0.1, 0.15) is 30.1 Å². The van der Waals surface area contributed by atoms with Crippen molar-refractivity contribution in [2.45, 2.75) is 25.2 Å². The molecule has 128 valence electrons. The summed E-state index contributed by atoms with van der Waals surface area (Å²) in [5.41, 5.74) is 1.94. The molecule has 3 aromatic rings. The summed E-state index contributed by atoms with van der Waals surface area (Å²) in [4.78, 5) is 14.5. The van der Waals surface area contributed by atoms with Crippen molar-refractivity contribution in [1.29, 1.82) is 0 Å². The maximum absolute atomic E-state index is 12.5. The van der Waals surface area contributed by atoms with Crippen LogP contribution in [-0.2, 0) is 11.2 Å². The predicted octanol–water partition coefficient (Wildman–Crippen LogP) is 3.44. The van der Waals surface area contributed by atoms with Crippen molar-refractivity contribution in [2.24, 2.45) is 0 Å². The minimum Gasteiger partial charge on any atom is -0.342 e. The van der Waals surface area contributed by atoms with Gasteiger partial charge in [-0.25, -0.2) is 0 Å². The summed E-state index contributed by atoms with van der Waals surface area (Å²) >= 11 is 3.42. The summed E-state index contributed by atoms with van der Waals surface area (Å²) in [6, 6.07) is 13.9. The van der Waals surface area contributed by atoms with E-state index in [0.717, 1.165) is 47.4 Å². The van der Waals surface area contributed by atoms with Crippen molar-refractivity contribution in [2.75, 3.05) is 13.1 Å². The Labute approximate surface area is 154 Å². The van der Waals surface area contributed by atoms with E-state index >= 15 is 0 Å². The van der Waals surface area contributed by atoms with Crippen LogP contribution < -0.4 is 0 Å².